The Labute approximate surface area is 124 Å². The second-order valence-corrected chi connectivity index (χ2v) is 4.73. The van der Waals surface area contributed by atoms with Gasteiger partial charge in [-0.2, -0.15) is 4.98 Å². The zero-order valence-electron chi connectivity index (χ0n) is 12.2. The summed E-state index contributed by atoms with van der Waals surface area (Å²) in [7, 11) is 1.83. The van der Waals surface area contributed by atoms with Crippen molar-refractivity contribution in [3.8, 4) is 0 Å². The lowest BCUT2D eigenvalue weighted by Gasteiger charge is -2.24. The molecule has 0 amide bonds. The lowest BCUT2D eigenvalue weighted by molar-refractivity contribution is 0.981. The van der Waals surface area contributed by atoms with E-state index in [2.05, 4.69) is 69.6 Å². The Bertz CT molecular complexity index is 749. The fourth-order valence-electron chi connectivity index (χ4n) is 2.52. The van der Waals surface area contributed by atoms with Crippen molar-refractivity contribution in [2.45, 2.75) is 6.92 Å². The van der Waals surface area contributed by atoms with Crippen LogP contribution in [0, 0.1) is 0 Å². The third-order valence-electron chi connectivity index (χ3n) is 3.51. The van der Waals surface area contributed by atoms with Crippen LogP contribution in [-0.2, 0) is 0 Å². The van der Waals surface area contributed by atoms with Gasteiger partial charge in [0.2, 0.25) is 5.95 Å². The van der Waals surface area contributed by atoms with Crippen molar-refractivity contribution >= 4 is 28.2 Å². The number of nitrogens with zero attached hydrogens (tertiary/aromatic N) is 3. The third-order valence-corrected chi connectivity index (χ3v) is 3.51. The highest BCUT2D eigenvalue weighted by atomic mass is 15.2. The number of hydrogen-bond donors (Lipinski definition) is 1. The molecule has 0 spiro atoms. The van der Waals surface area contributed by atoms with Gasteiger partial charge in [0.15, 0.2) is 0 Å². The fourth-order valence-corrected chi connectivity index (χ4v) is 2.52. The average molecular weight is 278 g/mol. The number of fused-ring (bicyclic) bond motifs is 1. The third kappa shape index (κ3) is 2.52. The first-order chi connectivity index (χ1) is 10.3. The molecule has 1 aromatic heterocycles. The Morgan fingerprint density at radius 2 is 1.86 bits per heavy atom. The molecule has 0 aliphatic carbocycles. The van der Waals surface area contributed by atoms with Crippen molar-refractivity contribution in [1.82, 2.24) is 9.97 Å². The minimum absolute atomic E-state index is 0.631. The van der Waals surface area contributed by atoms with Gasteiger partial charge in [-0.1, -0.05) is 36.4 Å². The highest BCUT2D eigenvalue weighted by Crippen LogP contribution is 2.31. The first kappa shape index (κ1) is 13.4. The minimum atomic E-state index is 0.631. The molecule has 4 nitrogen and oxygen atoms in total. The normalized spacial score (nSPS) is 10.6. The summed E-state index contributed by atoms with van der Waals surface area (Å²) < 4.78 is 0. The topological polar surface area (TPSA) is 41.1 Å². The molecule has 0 unspecified atom stereocenters. The van der Waals surface area contributed by atoms with Gasteiger partial charge in [-0.05, 0) is 24.4 Å². The SMILES string of the molecule is CCN(c1ccnc(NC)n1)c1cccc2ccccc12. The standard InChI is InChI=1S/C17H18N4/c1-3-21(16-11-12-19-17(18-2)20-16)15-10-6-8-13-7-4-5-9-14(13)15/h4-12H,3H2,1-2H3,(H,18,19,20). The molecule has 0 saturated heterocycles. The van der Waals surface area contributed by atoms with Gasteiger partial charge in [0.25, 0.3) is 0 Å². The van der Waals surface area contributed by atoms with Crippen LogP contribution in [0.5, 0.6) is 0 Å². The van der Waals surface area contributed by atoms with E-state index in [1.807, 2.05) is 13.1 Å². The number of anilines is 3. The minimum Gasteiger partial charge on any atom is -0.357 e. The maximum Gasteiger partial charge on any atom is 0.224 e. The quantitative estimate of drug-likeness (QED) is 0.787. The second-order valence-electron chi connectivity index (χ2n) is 4.73. The fraction of sp³-hybridized carbons (Fsp3) is 0.176. The highest BCUT2D eigenvalue weighted by molar-refractivity contribution is 5.95. The molecule has 0 bridgehead atoms. The summed E-state index contributed by atoms with van der Waals surface area (Å²) in [6.45, 7) is 2.97. The number of hydrogen-bond acceptors (Lipinski definition) is 4. The Hall–Kier alpha value is -2.62. The lowest BCUT2D eigenvalue weighted by atomic mass is 10.1. The molecule has 2 aromatic carbocycles. The molecular formula is C17H18N4. The maximum absolute atomic E-state index is 4.55. The van der Waals surface area contributed by atoms with E-state index in [1.165, 1.54) is 10.8 Å². The molecule has 106 valence electrons. The summed E-state index contributed by atoms with van der Waals surface area (Å²) in [5.74, 6) is 1.53. The van der Waals surface area contributed by atoms with Gasteiger partial charge in [-0.3, -0.25) is 0 Å². The van der Waals surface area contributed by atoms with Crippen LogP contribution < -0.4 is 10.2 Å². The zero-order chi connectivity index (χ0) is 14.7. The molecule has 0 fully saturated rings. The van der Waals surface area contributed by atoms with Crippen LogP contribution >= 0.6 is 0 Å². The van der Waals surface area contributed by atoms with Crippen molar-refractivity contribution in [3.63, 3.8) is 0 Å². The Morgan fingerprint density at radius 3 is 2.67 bits per heavy atom. The van der Waals surface area contributed by atoms with E-state index in [0.717, 1.165) is 18.1 Å². The molecule has 0 radical (unpaired) electrons. The molecule has 3 rings (SSSR count). The summed E-state index contributed by atoms with van der Waals surface area (Å²) >= 11 is 0. The molecule has 21 heavy (non-hydrogen) atoms. The summed E-state index contributed by atoms with van der Waals surface area (Å²) in [6.07, 6.45) is 1.78. The molecule has 0 aliphatic rings. The summed E-state index contributed by atoms with van der Waals surface area (Å²) in [4.78, 5) is 10.9. The Balaban J connectivity index is 2.13. The summed E-state index contributed by atoms with van der Waals surface area (Å²) in [6, 6.07) is 16.7. The van der Waals surface area contributed by atoms with Crippen LogP contribution in [0.1, 0.15) is 6.92 Å². The molecule has 4 heteroatoms. The lowest BCUT2D eigenvalue weighted by Crippen LogP contribution is -2.18. The van der Waals surface area contributed by atoms with Gasteiger partial charge < -0.3 is 10.2 Å². The largest absolute Gasteiger partial charge is 0.357 e. The highest BCUT2D eigenvalue weighted by Gasteiger charge is 2.12. The van der Waals surface area contributed by atoms with E-state index in [1.54, 1.807) is 6.20 Å². The van der Waals surface area contributed by atoms with Crippen LogP contribution in [0.2, 0.25) is 0 Å². The van der Waals surface area contributed by atoms with Crippen LogP contribution in [0.25, 0.3) is 10.8 Å². The predicted molar refractivity (Wildman–Crippen MR) is 88.2 cm³/mol. The Morgan fingerprint density at radius 1 is 1.05 bits per heavy atom. The van der Waals surface area contributed by atoms with E-state index in [-0.39, 0.29) is 0 Å². The van der Waals surface area contributed by atoms with Gasteiger partial charge in [-0.25, -0.2) is 4.98 Å². The van der Waals surface area contributed by atoms with Crippen LogP contribution in [-0.4, -0.2) is 23.6 Å². The van der Waals surface area contributed by atoms with Gasteiger partial charge >= 0.3 is 0 Å². The first-order valence-electron chi connectivity index (χ1n) is 7.09. The summed E-state index contributed by atoms with van der Waals surface area (Å²) in [5.41, 5.74) is 1.16. The van der Waals surface area contributed by atoms with Crippen molar-refractivity contribution in [3.05, 3.63) is 54.7 Å². The number of aromatic nitrogens is 2. The van der Waals surface area contributed by atoms with Gasteiger partial charge in [-0.15, -0.1) is 0 Å². The van der Waals surface area contributed by atoms with Gasteiger partial charge in [0.05, 0.1) is 5.69 Å². The second kappa shape index (κ2) is 5.79. The molecule has 0 aliphatic heterocycles. The summed E-state index contributed by atoms with van der Waals surface area (Å²) in [5, 5.41) is 5.45. The van der Waals surface area contributed by atoms with Crippen LogP contribution in [0.3, 0.4) is 0 Å². The van der Waals surface area contributed by atoms with Gasteiger partial charge in [0.1, 0.15) is 5.82 Å². The van der Waals surface area contributed by atoms with E-state index >= 15 is 0 Å². The molecular weight excluding hydrogens is 260 g/mol. The van der Waals surface area contributed by atoms with E-state index in [0.29, 0.717) is 5.95 Å². The number of benzene rings is 2. The maximum atomic E-state index is 4.55. The Kier molecular flexibility index (Phi) is 3.69. The number of nitrogens with one attached hydrogen (secondary N) is 1. The van der Waals surface area contributed by atoms with Crippen molar-refractivity contribution in [2.24, 2.45) is 0 Å². The first-order valence-corrected chi connectivity index (χ1v) is 7.09. The molecule has 0 atom stereocenters. The van der Waals surface area contributed by atoms with Crippen molar-refractivity contribution < 1.29 is 0 Å². The van der Waals surface area contributed by atoms with E-state index < -0.39 is 0 Å². The van der Waals surface area contributed by atoms with Crippen molar-refractivity contribution in [2.75, 3.05) is 23.8 Å². The average Bonchev–Trinajstić information content (AvgIpc) is 2.56. The van der Waals surface area contributed by atoms with E-state index in [4.69, 9.17) is 0 Å². The molecule has 0 saturated carbocycles. The van der Waals surface area contributed by atoms with Crippen LogP contribution in [0.4, 0.5) is 17.5 Å². The molecule has 3 aromatic rings. The van der Waals surface area contributed by atoms with Crippen molar-refractivity contribution in [1.29, 1.82) is 0 Å². The van der Waals surface area contributed by atoms with E-state index in [9.17, 15) is 0 Å². The molecule has 1 heterocycles. The predicted octanol–water partition coefficient (Wildman–Crippen LogP) is 3.83. The van der Waals surface area contributed by atoms with Gasteiger partial charge in [0, 0.05) is 25.2 Å². The van der Waals surface area contributed by atoms with Crippen LogP contribution in [0.15, 0.2) is 54.7 Å². The molecule has 1 N–H and O–H groups in total. The smallest absolute Gasteiger partial charge is 0.224 e. The number of rotatable bonds is 4. The zero-order valence-corrected chi connectivity index (χ0v) is 12.2. The monoisotopic (exact) mass is 278 g/mol.